The van der Waals surface area contributed by atoms with Gasteiger partial charge in [-0.15, -0.1) is 0 Å². The number of carbonyl (C=O) groups is 4. The molecular formula is C30H21NO6. The Balaban J connectivity index is 1.43. The van der Waals surface area contributed by atoms with Crippen molar-refractivity contribution in [1.82, 2.24) is 0 Å². The van der Waals surface area contributed by atoms with E-state index in [1.807, 2.05) is 0 Å². The molecule has 7 heteroatoms. The number of fused-ring (bicyclic) bond motifs is 1. The van der Waals surface area contributed by atoms with Crippen LogP contribution >= 0.6 is 0 Å². The normalized spacial score (nSPS) is 13.2. The molecule has 0 bridgehead atoms. The number of ketones is 1. The van der Waals surface area contributed by atoms with E-state index < -0.39 is 29.7 Å². The highest BCUT2D eigenvalue weighted by molar-refractivity contribution is 6.34. The number of imide groups is 1. The van der Waals surface area contributed by atoms with Crippen LogP contribution in [0.1, 0.15) is 53.1 Å². The number of rotatable bonds is 7. The molecule has 182 valence electrons. The number of ether oxygens (including phenoxy) is 2. The van der Waals surface area contributed by atoms with E-state index in [9.17, 15) is 19.2 Å². The molecule has 0 fully saturated rings. The Morgan fingerprint density at radius 3 is 1.95 bits per heavy atom. The monoisotopic (exact) mass is 491 g/mol. The second-order valence-electron chi connectivity index (χ2n) is 8.33. The van der Waals surface area contributed by atoms with Gasteiger partial charge >= 0.3 is 5.97 Å². The van der Waals surface area contributed by atoms with Crippen LogP contribution in [0.5, 0.6) is 5.75 Å². The zero-order chi connectivity index (χ0) is 25.9. The van der Waals surface area contributed by atoms with Crippen molar-refractivity contribution in [2.75, 3.05) is 12.0 Å². The molecule has 0 unspecified atom stereocenters. The Morgan fingerprint density at radius 2 is 1.32 bits per heavy atom. The summed E-state index contributed by atoms with van der Waals surface area (Å²) in [5.74, 6) is -1.52. The van der Waals surface area contributed by atoms with Crippen LogP contribution in [-0.2, 0) is 4.74 Å². The number of anilines is 1. The molecule has 0 aliphatic carbocycles. The summed E-state index contributed by atoms with van der Waals surface area (Å²) < 4.78 is 10.9. The summed E-state index contributed by atoms with van der Waals surface area (Å²) in [6.07, 6.45) is -1.20. The van der Waals surface area contributed by atoms with Crippen molar-refractivity contribution in [3.8, 4) is 5.75 Å². The zero-order valence-electron chi connectivity index (χ0n) is 19.8. The predicted octanol–water partition coefficient (Wildman–Crippen LogP) is 5.28. The second kappa shape index (κ2) is 9.91. The lowest BCUT2D eigenvalue weighted by molar-refractivity contribution is 0.0280. The molecule has 4 aromatic rings. The Morgan fingerprint density at radius 1 is 0.703 bits per heavy atom. The fourth-order valence-electron chi connectivity index (χ4n) is 4.18. The molecule has 1 heterocycles. The molecule has 0 aromatic heterocycles. The lowest BCUT2D eigenvalue weighted by atomic mass is 9.99. The molecule has 1 aliphatic rings. The smallest absolute Gasteiger partial charge is 0.339 e. The molecule has 2 amide bonds. The molecule has 4 aromatic carbocycles. The fraction of sp³-hybridized carbons (Fsp3) is 0.0667. The maximum absolute atomic E-state index is 13.4. The van der Waals surface area contributed by atoms with Gasteiger partial charge in [0.25, 0.3) is 11.8 Å². The van der Waals surface area contributed by atoms with Crippen LogP contribution in [0.2, 0.25) is 0 Å². The molecule has 0 radical (unpaired) electrons. The van der Waals surface area contributed by atoms with Crippen molar-refractivity contribution < 1.29 is 28.7 Å². The van der Waals surface area contributed by atoms with Crippen molar-refractivity contribution in [3.05, 3.63) is 131 Å². The van der Waals surface area contributed by atoms with Crippen LogP contribution in [0.3, 0.4) is 0 Å². The minimum atomic E-state index is -1.20. The van der Waals surface area contributed by atoms with E-state index in [1.54, 1.807) is 91.0 Å². The summed E-state index contributed by atoms with van der Waals surface area (Å²) in [5, 5.41) is 0. The first-order valence-electron chi connectivity index (χ1n) is 11.5. The summed E-state index contributed by atoms with van der Waals surface area (Å²) >= 11 is 0. The lowest BCUT2D eigenvalue weighted by Crippen LogP contribution is -2.29. The lowest BCUT2D eigenvalue weighted by Gasteiger charge is -2.19. The van der Waals surface area contributed by atoms with E-state index in [0.29, 0.717) is 28.0 Å². The first-order valence-corrected chi connectivity index (χ1v) is 11.5. The third-order valence-corrected chi connectivity index (χ3v) is 6.07. The number of benzene rings is 4. The molecular weight excluding hydrogens is 470 g/mol. The van der Waals surface area contributed by atoms with E-state index in [2.05, 4.69) is 0 Å². The average Bonchev–Trinajstić information content (AvgIpc) is 3.21. The molecule has 5 rings (SSSR count). The van der Waals surface area contributed by atoms with Crippen molar-refractivity contribution >= 4 is 29.3 Å². The number of nitrogens with zero attached hydrogens (tertiary/aromatic N) is 1. The Hall–Kier alpha value is -5.04. The van der Waals surface area contributed by atoms with Gasteiger partial charge in [-0.2, -0.15) is 0 Å². The number of methoxy groups -OCH3 is 1. The largest absolute Gasteiger partial charge is 0.497 e. The van der Waals surface area contributed by atoms with Gasteiger partial charge in [0.05, 0.1) is 29.5 Å². The van der Waals surface area contributed by atoms with Crippen molar-refractivity contribution in [2.24, 2.45) is 0 Å². The van der Waals surface area contributed by atoms with Crippen LogP contribution in [0.25, 0.3) is 0 Å². The molecule has 1 aliphatic heterocycles. The number of esters is 1. The number of amides is 2. The molecule has 0 saturated carbocycles. The summed E-state index contributed by atoms with van der Waals surface area (Å²) in [6.45, 7) is 0. The van der Waals surface area contributed by atoms with Crippen LogP contribution in [0.15, 0.2) is 103 Å². The van der Waals surface area contributed by atoms with E-state index in [0.717, 1.165) is 4.90 Å². The maximum atomic E-state index is 13.4. The van der Waals surface area contributed by atoms with Gasteiger partial charge in [0.15, 0.2) is 6.10 Å². The SMILES string of the molecule is COc1ccc(C(=O)[C@H](OC(=O)c2cccc(N3C(=O)c4ccccc4C3=O)c2)c2ccccc2)cc1. The summed E-state index contributed by atoms with van der Waals surface area (Å²) in [6, 6.07) is 27.8. The summed E-state index contributed by atoms with van der Waals surface area (Å²) in [5.41, 5.74) is 1.79. The topological polar surface area (TPSA) is 90.0 Å². The standard InChI is InChI=1S/C30H21NO6/c1-36-23-16-14-19(15-17-23)26(32)27(20-8-3-2-4-9-20)37-30(35)21-10-7-11-22(18-21)31-28(33)24-12-5-6-13-25(24)29(31)34/h2-18,27H,1H3/t27-/m1/s1. The third kappa shape index (κ3) is 4.50. The van der Waals surface area contributed by atoms with Crippen LogP contribution in [0, 0.1) is 0 Å². The van der Waals surface area contributed by atoms with E-state index >= 15 is 0 Å². The van der Waals surface area contributed by atoms with Crippen molar-refractivity contribution in [1.29, 1.82) is 0 Å². The Kier molecular flexibility index (Phi) is 6.34. The highest BCUT2D eigenvalue weighted by Gasteiger charge is 2.36. The van der Waals surface area contributed by atoms with Crippen molar-refractivity contribution in [2.45, 2.75) is 6.10 Å². The average molecular weight is 491 g/mol. The minimum absolute atomic E-state index is 0.0949. The quantitative estimate of drug-likeness (QED) is 0.199. The maximum Gasteiger partial charge on any atom is 0.339 e. The van der Waals surface area contributed by atoms with Crippen LogP contribution < -0.4 is 9.64 Å². The Bertz CT molecular complexity index is 1480. The minimum Gasteiger partial charge on any atom is -0.497 e. The van der Waals surface area contributed by atoms with Gasteiger partial charge in [-0.05, 0) is 54.6 Å². The highest BCUT2D eigenvalue weighted by Crippen LogP contribution is 2.30. The first-order chi connectivity index (χ1) is 18.0. The van der Waals surface area contributed by atoms with Gasteiger partial charge in [0.2, 0.25) is 5.78 Å². The predicted molar refractivity (Wildman–Crippen MR) is 136 cm³/mol. The van der Waals surface area contributed by atoms with Gasteiger partial charge in [-0.1, -0.05) is 48.5 Å². The molecule has 37 heavy (non-hydrogen) atoms. The van der Waals surface area contributed by atoms with E-state index in [1.165, 1.54) is 19.2 Å². The Labute approximate surface area is 212 Å². The van der Waals surface area contributed by atoms with Gasteiger partial charge in [0.1, 0.15) is 5.75 Å². The van der Waals surface area contributed by atoms with E-state index in [4.69, 9.17) is 9.47 Å². The first kappa shape index (κ1) is 23.7. The molecule has 7 nitrogen and oxygen atoms in total. The third-order valence-electron chi connectivity index (χ3n) is 6.07. The summed E-state index contributed by atoms with van der Waals surface area (Å²) in [4.78, 5) is 53.4. The number of carbonyl (C=O) groups excluding carboxylic acids is 4. The number of hydrogen-bond acceptors (Lipinski definition) is 6. The number of Topliss-reactive ketones (excluding diaryl/α,β-unsaturated/α-hetero) is 1. The van der Waals surface area contributed by atoms with Gasteiger partial charge in [0, 0.05) is 11.1 Å². The molecule has 0 N–H and O–H groups in total. The van der Waals surface area contributed by atoms with Crippen molar-refractivity contribution in [3.63, 3.8) is 0 Å². The van der Waals surface area contributed by atoms with Crippen LogP contribution in [0.4, 0.5) is 5.69 Å². The molecule has 0 saturated heterocycles. The van der Waals surface area contributed by atoms with E-state index in [-0.39, 0.29) is 11.3 Å². The van der Waals surface area contributed by atoms with Gasteiger partial charge < -0.3 is 9.47 Å². The highest BCUT2D eigenvalue weighted by atomic mass is 16.5. The van der Waals surface area contributed by atoms with Crippen LogP contribution in [-0.4, -0.2) is 30.7 Å². The van der Waals surface area contributed by atoms with Gasteiger partial charge in [-0.25, -0.2) is 9.69 Å². The molecule has 1 atom stereocenters. The summed E-state index contributed by atoms with van der Waals surface area (Å²) in [7, 11) is 1.53. The molecule has 0 spiro atoms. The van der Waals surface area contributed by atoms with Gasteiger partial charge in [-0.3, -0.25) is 14.4 Å². The second-order valence-corrected chi connectivity index (χ2v) is 8.33. The fourth-order valence-corrected chi connectivity index (χ4v) is 4.18. The zero-order valence-corrected chi connectivity index (χ0v) is 19.8. The number of hydrogen-bond donors (Lipinski definition) is 0.